The van der Waals surface area contributed by atoms with Crippen molar-refractivity contribution in [2.24, 2.45) is 11.7 Å². The standard InChI is InChI=1S/C10H20N2O/c11-10(9-3-6-13-8-9)7-12-4-1-2-5-12/h9-10H,1-8,11H2. The molecule has 2 saturated heterocycles. The maximum atomic E-state index is 6.14. The van der Waals surface area contributed by atoms with Gasteiger partial charge >= 0.3 is 0 Å². The van der Waals surface area contributed by atoms with Crippen LogP contribution in [0.25, 0.3) is 0 Å². The van der Waals surface area contributed by atoms with Gasteiger partial charge in [0.1, 0.15) is 0 Å². The normalized spacial score (nSPS) is 32.5. The molecule has 13 heavy (non-hydrogen) atoms. The first-order valence-corrected chi connectivity index (χ1v) is 5.42. The molecule has 3 heteroatoms. The van der Waals surface area contributed by atoms with E-state index in [1.54, 1.807) is 0 Å². The highest BCUT2D eigenvalue weighted by Crippen LogP contribution is 2.17. The lowest BCUT2D eigenvalue weighted by molar-refractivity contribution is 0.174. The van der Waals surface area contributed by atoms with Gasteiger partial charge in [0.2, 0.25) is 0 Å². The summed E-state index contributed by atoms with van der Waals surface area (Å²) in [5, 5.41) is 0. The van der Waals surface area contributed by atoms with Gasteiger partial charge in [0.15, 0.2) is 0 Å². The SMILES string of the molecule is NC(CN1CCCC1)C1CCOC1. The molecule has 2 rings (SSSR count). The van der Waals surface area contributed by atoms with Crippen LogP contribution in [0.3, 0.4) is 0 Å². The molecular weight excluding hydrogens is 164 g/mol. The van der Waals surface area contributed by atoms with E-state index >= 15 is 0 Å². The first kappa shape index (κ1) is 9.44. The van der Waals surface area contributed by atoms with Crippen LogP contribution in [-0.4, -0.2) is 43.8 Å². The number of nitrogens with zero attached hydrogens (tertiary/aromatic N) is 1. The highest BCUT2D eigenvalue weighted by molar-refractivity contribution is 4.80. The van der Waals surface area contributed by atoms with Crippen LogP contribution in [0.4, 0.5) is 0 Å². The Morgan fingerprint density at radius 1 is 1.38 bits per heavy atom. The largest absolute Gasteiger partial charge is 0.381 e. The second-order valence-corrected chi connectivity index (χ2v) is 4.30. The van der Waals surface area contributed by atoms with E-state index in [-0.39, 0.29) is 0 Å². The van der Waals surface area contributed by atoms with E-state index in [1.165, 1.54) is 25.9 Å². The number of ether oxygens (including phenoxy) is 1. The van der Waals surface area contributed by atoms with Crippen molar-refractivity contribution in [1.82, 2.24) is 4.90 Å². The summed E-state index contributed by atoms with van der Waals surface area (Å²) in [4.78, 5) is 2.49. The monoisotopic (exact) mass is 184 g/mol. The Kier molecular flexibility index (Phi) is 3.19. The quantitative estimate of drug-likeness (QED) is 0.692. The Labute approximate surface area is 80.2 Å². The molecule has 0 aromatic carbocycles. The molecule has 0 aromatic heterocycles. The van der Waals surface area contributed by atoms with Crippen molar-refractivity contribution in [3.8, 4) is 0 Å². The minimum atomic E-state index is 0.334. The predicted octanol–water partition coefficient (Wildman–Crippen LogP) is 0.446. The highest BCUT2D eigenvalue weighted by atomic mass is 16.5. The third kappa shape index (κ3) is 2.42. The third-order valence-electron chi connectivity index (χ3n) is 3.24. The fourth-order valence-electron chi connectivity index (χ4n) is 2.30. The fraction of sp³-hybridized carbons (Fsp3) is 1.00. The lowest BCUT2D eigenvalue weighted by atomic mass is 10.00. The first-order chi connectivity index (χ1) is 6.36. The van der Waals surface area contributed by atoms with Crippen LogP contribution in [0.2, 0.25) is 0 Å². The van der Waals surface area contributed by atoms with E-state index in [1.807, 2.05) is 0 Å². The molecule has 3 nitrogen and oxygen atoms in total. The second kappa shape index (κ2) is 4.40. The van der Waals surface area contributed by atoms with E-state index in [0.29, 0.717) is 12.0 Å². The van der Waals surface area contributed by atoms with E-state index in [9.17, 15) is 0 Å². The zero-order valence-corrected chi connectivity index (χ0v) is 8.24. The molecule has 0 aromatic rings. The lowest BCUT2D eigenvalue weighted by Crippen LogP contribution is -2.41. The van der Waals surface area contributed by atoms with E-state index < -0.39 is 0 Å². The van der Waals surface area contributed by atoms with Crippen LogP contribution in [0, 0.1) is 5.92 Å². The number of rotatable bonds is 3. The third-order valence-corrected chi connectivity index (χ3v) is 3.24. The maximum absolute atomic E-state index is 6.14. The molecule has 76 valence electrons. The molecule has 2 N–H and O–H groups in total. The number of hydrogen-bond donors (Lipinski definition) is 1. The lowest BCUT2D eigenvalue weighted by Gasteiger charge is -2.23. The van der Waals surface area contributed by atoms with Crippen molar-refractivity contribution in [2.45, 2.75) is 25.3 Å². The van der Waals surface area contributed by atoms with E-state index in [2.05, 4.69) is 4.90 Å². The summed E-state index contributed by atoms with van der Waals surface area (Å²) in [5.74, 6) is 0.612. The van der Waals surface area contributed by atoms with Crippen LogP contribution in [0.1, 0.15) is 19.3 Å². The molecule has 2 fully saturated rings. The number of hydrogen-bond acceptors (Lipinski definition) is 3. The molecule has 2 heterocycles. The first-order valence-electron chi connectivity index (χ1n) is 5.42. The molecule has 0 amide bonds. The Balaban J connectivity index is 1.73. The maximum Gasteiger partial charge on any atom is 0.0510 e. The number of nitrogens with two attached hydrogens (primary N) is 1. The summed E-state index contributed by atoms with van der Waals surface area (Å²) >= 11 is 0. The molecular formula is C10H20N2O. The minimum absolute atomic E-state index is 0.334. The smallest absolute Gasteiger partial charge is 0.0510 e. The molecule has 0 aliphatic carbocycles. The number of likely N-dealkylation sites (tertiary alicyclic amines) is 1. The summed E-state index contributed by atoms with van der Waals surface area (Å²) in [7, 11) is 0. The zero-order valence-electron chi connectivity index (χ0n) is 8.24. The van der Waals surface area contributed by atoms with Crippen LogP contribution >= 0.6 is 0 Å². The van der Waals surface area contributed by atoms with Crippen molar-refractivity contribution in [1.29, 1.82) is 0 Å². The molecule has 0 saturated carbocycles. The fourth-order valence-corrected chi connectivity index (χ4v) is 2.30. The molecule has 0 spiro atoms. The summed E-state index contributed by atoms with van der Waals surface area (Å²) in [6, 6.07) is 0.334. The summed E-state index contributed by atoms with van der Waals surface area (Å²) < 4.78 is 5.34. The van der Waals surface area contributed by atoms with Crippen LogP contribution in [0.5, 0.6) is 0 Å². The van der Waals surface area contributed by atoms with Gasteiger partial charge in [0.05, 0.1) is 6.61 Å². The van der Waals surface area contributed by atoms with Crippen LogP contribution in [0.15, 0.2) is 0 Å². The second-order valence-electron chi connectivity index (χ2n) is 4.30. The van der Waals surface area contributed by atoms with Gasteiger partial charge in [0.25, 0.3) is 0 Å². The summed E-state index contributed by atoms with van der Waals surface area (Å²) in [5.41, 5.74) is 6.14. The topological polar surface area (TPSA) is 38.5 Å². The summed E-state index contributed by atoms with van der Waals surface area (Å²) in [6.45, 7) is 5.38. The van der Waals surface area contributed by atoms with Gasteiger partial charge in [-0.2, -0.15) is 0 Å². The van der Waals surface area contributed by atoms with Gasteiger partial charge in [-0.15, -0.1) is 0 Å². The minimum Gasteiger partial charge on any atom is -0.381 e. The van der Waals surface area contributed by atoms with Crippen LogP contribution in [-0.2, 0) is 4.74 Å². The Morgan fingerprint density at radius 3 is 2.77 bits per heavy atom. The van der Waals surface area contributed by atoms with E-state index in [0.717, 1.165) is 26.2 Å². The average Bonchev–Trinajstić information content (AvgIpc) is 2.74. The Hall–Kier alpha value is -0.120. The zero-order chi connectivity index (χ0) is 9.10. The van der Waals surface area contributed by atoms with Gasteiger partial charge < -0.3 is 15.4 Å². The average molecular weight is 184 g/mol. The molecule has 2 aliphatic rings. The summed E-state index contributed by atoms with van der Waals surface area (Å²) in [6.07, 6.45) is 3.87. The predicted molar refractivity (Wildman–Crippen MR) is 52.6 cm³/mol. The van der Waals surface area contributed by atoms with Gasteiger partial charge in [0, 0.05) is 25.1 Å². The van der Waals surface area contributed by atoms with Gasteiger partial charge in [-0.3, -0.25) is 0 Å². The molecule has 2 atom stereocenters. The van der Waals surface area contributed by atoms with Crippen molar-refractivity contribution >= 4 is 0 Å². The molecule has 2 aliphatic heterocycles. The van der Waals surface area contributed by atoms with Crippen molar-refractivity contribution < 1.29 is 4.74 Å². The van der Waals surface area contributed by atoms with Gasteiger partial charge in [-0.1, -0.05) is 0 Å². The van der Waals surface area contributed by atoms with E-state index in [4.69, 9.17) is 10.5 Å². The molecule has 0 bridgehead atoms. The van der Waals surface area contributed by atoms with Crippen molar-refractivity contribution in [3.63, 3.8) is 0 Å². The molecule has 2 unspecified atom stereocenters. The Morgan fingerprint density at radius 2 is 2.15 bits per heavy atom. The molecule has 0 radical (unpaired) electrons. The Bertz CT molecular complexity index is 151. The highest BCUT2D eigenvalue weighted by Gasteiger charge is 2.25. The van der Waals surface area contributed by atoms with Gasteiger partial charge in [-0.05, 0) is 32.4 Å². The van der Waals surface area contributed by atoms with Gasteiger partial charge in [-0.25, -0.2) is 0 Å². The van der Waals surface area contributed by atoms with Crippen molar-refractivity contribution in [2.75, 3.05) is 32.8 Å². The van der Waals surface area contributed by atoms with Crippen LogP contribution < -0.4 is 5.73 Å². The van der Waals surface area contributed by atoms with Crippen molar-refractivity contribution in [3.05, 3.63) is 0 Å².